The van der Waals surface area contributed by atoms with Gasteiger partial charge in [-0.1, -0.05) is 29.3 Å². The fourth-order valence-electron chi connectivity index (χ4n) is 2.07. The van der Waals surface area contributed by atoms with E-state index in [1.807, 2.05) is 0 Å². The Labute approximate surface area is 143 Å². The molecule has 1 aromatic heterocycles. The van der Waals surface area contributed by atoms with Crippen molar-refractivity contribution < 1.29 is 9.90 Å². The van der Waals surface area contributed by atoms with Crippen LogP contribution in [0, 0.1) is 0 Å². The quantitative estimate of drug-likeness (QED) is 0.853. The molecule has 0 spiro atoms. The van der Waals surface area contributed by atoms with Gasteiger partial charge in [0, 0.05) is 29.7 Å². The number of benzene rings is 1. The molecule has 1 atom stereocenters. The summed E-state index contributed by atoms with van der Waals surface area (Å²) in [6.07, 6.45) is 2.84. The van der Waals surface area contributed by atoms with Crippen molar-refractivity contribution >= 4 is 29.2 Å². The van der Waals surface area contributed by atoms with Crippen LogP contribution in [0.3, 0.4) is 0 Å². The molecule has 124 valence electrons. The van der Waals surface area contributed by atoms with Gasteiger partial charge in [-0.2, -0.15) is 5.10 Å². The van der Waals surface area contributed by atoms with Crippen LogP contribution < -0.4 is 5.32 Å². The number of amides is 2. The van der Waals surface area contributed by atoms with Gasteiger partial charge in [0.2, 0.25) is 0 Å². The second kappa shape index (κ2) is 7.16. The summed E-state index contributed by atoms with van der Waals surface area (Å²) >= 11 is 12.1. The van der Waals surface area contributed by atoms with E-state index >= 15 is 0 Å². The lowest BCUT2D eigenvalue weighted by Gasteiger charge is -2.30. The van der Waals surface area contributed by atoms with Crippen LogP contribution in [0.1, 0.15) is 5.56 Å². The van der Waals surface area contributed by atoms with E-state index in [1.165, 1.54) is 22.2 Å². The van der Waals surface area contributed by atoms with Crippen LogP contribution in [-0.2, 0) is 12.1 Å². The maximum absolute atomic E-state index is 11.8. The van der Waals surface area contributed by atoms with Gasteiger partial charge in [-0.25, -0.2) is 14.5 Å². The predicted molar refractivity (Wildman–Crippen MR) is 87.5 cm³/mol. The number of hydrogen-bond donors (Lipinski definition) is 2. The number of nitrogens with one attached hydrogen (secondary N) is 1. The molecule has 0 aliphatic carbocycles. The van der Waals surface area contributed by atoms with Crippen molar-refractivity contribution in [1.82, 2.24) is 25.0 Å². The first-order chi connectivity index (χ1) is 10.8. The third-order valence-corrected chi connectivity index (χ3v) is 3.81. The molecule has 0 aliphatic heterocycles. The number of rotatable bonds is 5. The minimum absolute atomic E-state index is 0.0504. The number of carbonyl (C=O) groups excluding carboxylic acids is 1. The van der Waals surface area contributed by atoms with Crippen molar-refractivity contribution in [1.29, 1.82) is 0 Å². The topological polar surface area (TPSA) is 83.3 Å². The SMILES string of the molecule is CN(C)C(=O)NCC(O)(Cn1cncn1)c1ccc(Cl)cc1Cl. The second-order valence-electron chi connectivity index (χ2n) is 5.30. The van der Waals surface area contributed by atoms with Crippen molar-refractivity contribution in [3.8, 4) is 0 Å². The van der Waals surface area contributed by atoms with Gasteiger partial charge in [-0.05, 0) is 12.1 Å². The fourth-order valence-corrected chi connectivity index (χ4v) is 2.65. The van der Waals surface area contributed by atoms with Crippen molar-refractivity contribution in [3.63, 3.8) is 0 Å². The van der Waals surface area contributed by atoms with Crippen LogP contribution in [0.5, 0.6) is 0 Å². The molecule has 2 aromatic rings. The molecule has 7 nitrogen and oxygen atoms in total. The number of hydrogen-bond acceptors (Lipinski definition) is 4. The first-order valence-electron chi connectivity index (χ1n) is 6.77. The monoisotopic (exact) mass is 357 g/mol. The molecule has 1 heterocycles. The summed E-state index contributed by atoms with van der Waals surface area (Å²) in [6.45, 7) is 0.0211. The fraction of sp³-hybridized carbons (Fsp3) is 0.357. The first-order valence-corrected chi connectivity index (χ1v) is 7.53. The number of urea groups is 1. The van der Waals surface area contributed by atoms with Gasteiger partial charge in [0.25, 0.3) is 0 Å². The first kappa shape index (κ1) is 17.5. The Kier molecular flexibility index (Phi) is 5.46. The number of carbonyl (C=O) groups is 1. The Hall–Kier alpha value is -1.83. The molecule has 9 heteroatoms. The number of nitrogens with zero attached hydrogens (tertiary/aromatic N) is 4. The third-order valence-electron chi connectivity index (χ3n) is 3.26. The molecule has 0 saturated carbocycles. The van der Waals surface area contributed by atoms with Gasteiger partial charge < -0.3 is 15.3 Å². The molecule has 0 radical (unpaired) electrons. The third kappa shape index (κ3) is 4.34. The van der Waals surface area contributed by atoms with Crippen LogP contribution in [-0.4, -0.2) is 51.4 Å². The lowest BCUT2D eigenvalue weighted by molar-refractivity contribution is 0.0171. The maximum Gasteiger partial charge on any atom is 0.316 e. The molecule has 2 rings (SSSR count). The smallest absolute Gasteiger partial charge is 0.316 e. The average molecular weight is 358 g/mol. The Morgan fingerprint density at radius 3 is 2.74 bits per heavy atom. The molecule has 0 saturated heterocycles. The van der Waals surface area contributed by atoms with Gasteiger partial charge in [-0.3, -0.25) is 0 Å². The highest BCUT2D eigenvalue weighted by Crippen LogP contribution is 2.31. The molecule has 0 aliphatic rings. The number of halogens is 2. The zero-order valence-electron chi connectivity index (χ0n) is 12.7. The largest absolute Gasteiger partial charge is 0.381 e. The molecule has 0 fully saturated rings. The zero-order chi connectivity index (χ0) is 17.0. The highest BCUT2D eigenvalue weighted by atomic mass is 35.5. The lowest BCUT2D eigenvalue weighted by Crippen LogP contribution is -2.46. The van der Waals surface area contributed by atoms with Crippen molar-refractivity contribution in [2.75, 3.05) is 20.6 Å². The standard InChI is InChI=1S/C14H17Cl2N5O2/c1-20(2)13(22)18-6-14(23,7-21-9-17-8-19-21)11-4-3-10(15)5-12(11)16/h3-5,8-9,23H,6-7H2,1-2H3,(H,18,22). The summed E-state index contributed by atoms with van der Waals surface area (Å²) in [5.74, 6) is 0. The molecular formula is C14H17Cl2N5O2. The normalized spacial score (nSPS) is 13.4. The Bertz CT molecular complexity index is 678. The second-order valence-corrected chi connectivity index (χ2v) is 6.15. The molecule has 0 bridgehead atoms. The molecule has 2 N–H and O–H groups in total. The van der Waals surface area contributed by atoms with Gasteiger partial charge in [0.05, 0.1) is 13.1 Å². The minimum Gasteiger partial charge on any atom is -0.381 e. The van der Waals surface area contributed by atoms with E-state index in [2.05, 4.69) is 15.4 Å². The van der Waals surface area contributed by atoms with E-state index in [-0.39, 0.29) is 19.1 Å². The lowest BCUT2D eigenvalue weighted by atomic mass is 9.93. The van der Waals surface area contributed by atoms with Gasteiger partial charge in [0.15, 0.2) is 0 Å². The molecule has 1 unspecified atom stereocenters. The van der Waals surface area contributed by atoms with Crippen molar-refractivity contribution in [2.24, 2.45) is 0 Å². The van der Waals surface area contributed by atoms with Crippen LogP contribution in [0.25, 0.3) is 0 Å². The van der Waals surface area contributed by atoms with Crippen LogP contribution in [0.4, 0.5) is 4.79 Å². The summed E-state index contributed by atoms with van der Waals surface area (Å²) in [5, 5.41) is 18.5. The highest BCUT2D eigenvalue weighted by molar-refractivity contribution is 6.35. The Morgan fingerprint density at radius 1 is 1.43 bits per heavy atom. The Morgan fingerprint density at radius 2 is 2.17 bits per heavy atom. The maximum atomic E-state index is 11.8. The predicted octanol–water partition coefficient (Wildman–Crippen LogP) is 1.74. The summed E-state index contributed by atoms with van der Waals surface area (Å²) in [5.41, 5.74) is -1.03. The van der Waals surface area contributed by atoms with E-state index in [9.17, 15) is 9.90 Å². The number of aromatic nitrogens is 3. The molecule has 2 amide bonds. The summed E-state index contributed by atoms with van der Waals surface area (Å²) in [7, 11) is 3.22. The number of aliphatic hydroxyl groups is 1. The van der Waals surface area contributed by atoms with E-state index in [4.69, 9.17) is 23.2 Å². The Balaban J connectivity index is 2.31. The summed E-state index contributed by atoms with van der Waals surface area (Å²) in [6, 6.07) is 4.47. The zero-order valence-corrected chi connectivity index (χ0v) is 14.2. The van der Waals surface area contributed by atoms with Crippen LogP contribution in [0.2, 0.25) is 10.0 Å². The van der Waals surface area contributed by atoms with Gasteiger partial charge in [-0.15, -0.1) is 0 Å². The summed E-state index contributed by atoms with van der Waals surface area (Å²) < 4.78 is 1.47. The molecular weight excluding hydrogens is 341 g/mol. The van der Waals surface area contributed by atoms with Crippen molar-refractivity contribution in [3.05, 3.63) is 46.5 Å². The molecule has 23 heavy (non-hydrogen) atoms. The van der Waals surface area contributed by atoms with E-state index in [0.29, 0.717) is 15.6 Å². The average Bonchev–Trinajstić information content (AvgIpc) is 2.97. The van der Waals surface area contributed by atoms with Crippen LogP contribution in [0.15, 0.2) is 30.9 Å². The molecule has 1 aromatic carbocycles. The van der Waals surface area contributed by atoms with Crippen molar-refractivity contribution in [2.45, 2.75) is 12.1 Å². The van der Waals surface area contributed by atoms with Gasteiger partial charge >= 0.3 is 6.03 Å². The summed E-state index contributed by atoms with van der Waals surface area (Å²) in [4.78, 5) is 17.0. The highest BCUT2D eigenvalue weighted by Gasteiger charge is 2.33. The van der Waals surface area contributed by atoms with Gasteiger partial charge in [0.1, 0.15) is 18.3 Å². The minimum atomic E-state index is -1.47. The van der Waals surface area contributed by atoms with E-state index in [0.717, 1.165) is 0 Å². The van der Waals surface area contributed by atoms with Crippen LogP contribution >= 0.6 is 23.2 Å². The van der Waals surface area contributed by atoms with E-state index < -0.39 is 5.60 Å². The van der Waals surface area contributed by atoms with E-state index in [1.54, 1.807) is 32.3 Å².